The highest BCUT2D eigenvalue weighted by Gasteiger charge is 2.17. The largest absolute Gasteiger partial charge is 0.493 e. The predicted molar refractivity (Wildman–Crippen MR) is 106 cm³/mol. The Balaban J connectivity index is 2.06. The van der Waals surface area contributed by atoms with Crippen molar-refractivity contribution in [2.24, 2.45) is 0 Å². The monoisotopic (exact) mass is 370 g/mol. The standard InChI is InChI=1S/C21H26N2O4/c1-6-27-18-11-10-16(12-19(18)26-5)21(25)23(4)13-20(24)22-17-9-7-8-14(2)15(17)3/h7-12H,6,13H2,1-5H3,(H,22,24). The van der Waals surface area contributed by atoms with Crippen LogP contribution in [0.4, 0.5) is 5.69 Å². The van der Waals surface area contributed by atoms with Gasteiger partial charge in [0.15, 0.2) is 11.5 Å². The van der Waals surface area contributed by atoms with E-state index in [4.69, 9.17) is 9.47 Å². The lowest BCUT2D eigenvalue weighted by Crippen LogP contribution is -2.35. The molecule has 1 N–H and O–H groups in total. The van der Waals surface area contributed by atoms with Gasteiger partial charge in [-0.15, -0.1) is 0 Å². The quantitative estimate of drug-likeness (QED) is 0.811. The minimum Gasteiger partial charge on any atom is -0.493 e. The van der Waals surface area contributed by atoms with E-state index >= 15 is 0 Å². The summed E-state index contributed by atoms with van der Waals surface area (Å²) >= 11 is 0. The Morgan fingerprint density at radius 2 is 1.85 bits per heavy atom. The molecule has 0 aliphatic heterocycles. The van der Waals surface area contributed by atoms with Gasteiger partial charge in [0.2, 0.25) is 5.91 Å². The Morgan fingerprint density at radius 3 is 2.52 bits per heavy atom. The van der Waals surface area contributed by atoms with Crippen molar-refractivity contribution in [1.82, 2.24) is 4.90 Å². The zero-order chi connectivity index (χ0) is 20.0. The molecule has 2 aromatic carbocycles. The molecule has 0 fully saturated rings. The number of benzene rings is 2. The predicted octanol–water partition coefficient (Wildman–Crippen LogP) is 3.42. The minimum atomic E-state index is -0.271. The fourth-order valence-electron chi connectivity index (χ4n) is 2.66. The number of carbonyl (C=O) groups is 2. The van der Waals surface area contributed by atoms with Crippen LogP contribution in [0.25, 0.3) is 0 Å². The first-order chi connectivity index (χ1) is 12.9. The number of likely N-dealkylation sites (N-methyl/N-ethyl adjacent to an activating group) is 1. The second-order valence-corrected chi connectivity index (χ2v) is 6.26. The van der Waals surface area contributed by atoms with Gasteiger partial charge in [0.1, 0.15) is 0 Å². The topological polar surface area (TPSA) is 67.9 Å². The van der Waals surface area contributed by atoms with Crippen LogP contribution in [0.15, 0.2) is 36.4 Å². The molecule has 0 atom stereocenters. The van der Waals surface area contributed by atoms with Gasteiger partial charge in [0, 0.05) is 18.3 Å². The maximum absolute atomic E-state index is 12.6. The Morgan fingerprint density at radius 1 is 1.11 bits per heavy atom. The summed E-state index contributed by atoms with van der Waals surface area (Å²) in [5.41, 5.74) is 3.29. The summed E-state index contributed by atoms with van der Waals surface area (Å²) in [6.07, 6.45) is 0. The first-order valence-electron chi connectivity index (χ1n) is 8.79. The van der Waals surface area contributed by atoms with Gasteiger partial charge in [-0.2, -0.15) is 0 Å². The molecule has 27 heavy (non-hydrogen) atoms. The maximum atomic E-state index is 12.6. The smallest absolute Gasteiger partial charge is 0.254 e. The molecule has 2 rings (SSSR count). The Kier molecular flexibility index (Phi) is 6.82. The van der Waals surface area contributed by atoms with Crippen LogP contribution in [0.5, 0.6) is 11.5 Å². The summed E-state index contributed by atoms with van der Waals surface area (Å²) < 4.78 is 10.7. The van der Waals surface area contributed by atoms with E-state index in [2.05, 4.69) is 5.32 Å². The average Bonchev–Trinajstić information content (AvgIpc) is 2.65. The molecule has 0 saturated carbocycles. The molecule has 0 saturated heterocycles. The normalized spacial score (nSPS) is 10.3. The third kappa shape index (κ3) is 5.00. The van der Waals surface area contributed by atoms with E-state index in [1.54, 1.807) is 25.2 Å². The fraction of sp³-hybridized carbons (Fsp3) is 0.333. The molecule has 0 spiro atoms. The third-order valence-corrected chi connectivity index (χ3v) is 4.32. The number of anilines is 1. The van der Waals surface area contributed by atoms with Crippen LogP contribution in [0.3, 0.4) is 0 Å². The van der Waals surface area contributed by atoms with Gasteiger partial charge in [0.25, 0.3) is 5.91 Å². The van der Waals surface area contributed by atoms with Gasteiger partial charge in [-0.3, -0.25) is 9.59 Å². The van der Waals surface area contributed by atoms with Gasteiger partial charge < -0.3 is 19.7 Å². The number of nitrogens with one attached hydrogen (secondary N) is 1. The Bertz CT molecular complexity index is 833. The van der Waals surface area contributed by atoms with Crippen molar-refractivity contribution in [3.63, 3.8) is 0 Å². The number of aryl methyl sites for hydroxylation is 1. The third-order valence-electron chi connectivity index (χ3n) is 4.32. The van der Waals surface area contributed by atoms with Crippen LogP contribution in [-0.4, -0.2) is 44.0 Å². The molecule has 0 aliphatic rings. The van der Waals surface area contributed by atoms with Crippen molar-refractivity contribution >= 4 is 17.5 Å². The van der Waals surface area contributed by atoms with Crippen LogP contribution in [0.2, 0.25) is 0 Å². The van der Waals surface area contributed by atoms with Crippen molar-refractivity contribution in [3.05, 3.63) is 53.1 Å². The first kappa shape index (κ1) is 20.3. The highest BCUT2D eigenvalue weighted by Crippen LogP contribution is 2.28. The molecular weight excluding hydrogens is 344 g/mol. The molecule has 0 unspecified atom stereocenters. The summed E-state index contributed by atoms with van der Waals surface area (Å²) in [6.45, 7) is 6.26. The maximum Gasteiger partial charge on any atom is 0.254 e. The van der Waals surface area contributed by atoms with E-state index in [0.29, 0.717) is 23.7 Å². The van der Waals surface area contributed by atoms with E-state index in [0.717, 1.165) is 16.8 Å². The summed E-state index contributed by atoms with van der Waals surface area (Å²) in [7, 11) is 3.11. The highest BCUT2D eigenvalue weighted by molar-refractivity contribution is 5.99. The molecule has 0 radical (unpaired) electrons. The Labute approximate surface area is 160 Å². The average molecular weight is 370 g/mol. The molecule has 0 bridgehead atoms. The number of carbonyl (C=O) groups excluding carboxylic acids is 2. The van der Waals surface area contributed by atoms with Crippen LogP contribution in [0.1, 0.15) is 28.4 Å². The number of nitrogens with zero attached hydrogens (tertiary/aromatic N) is 1. The first-order valence-corrected chi connectivity index (χ1v) is 8.79. The molecule has 6 nitrogen and oxygen atoms in total. The van der Waals surface area contributed by atoms with Crippen LogP contribution in [0, 0.1) is 13.8 Å². The van der Waals surface area contributed by atoms with Crippen molar-refractivity contribution in [1.29, 1.82) is 0 Å². The van der Waals surface area contributed by atoms with Crippen molar-refractivity contribution in [2.75, 3.05) is 32.6 Å². The van der Waals surface area contributed by atoms with E-state index in [9.17, 15) is 9.59 Å². The fourth-order valence-corrected chi connectivity index (χ4v) is 2.66. The highest BCUT2D eigenvalue weighted by atomic mass is 16.5. The number of methoxy groups -OCH3 is 1. The summed E-state index contributed by atoms with van der Waals surface area (Å²) in [6, 6.07) is 10.7. The molecule has 0 aliphatic carbocycles. The molecule has 0 heterocycles. The van der Waals surface area contributed by atoms with Crippen LogP contribution >= 0.6 is 0 Å². The Hall–Kier alpha value is -3.02. The second-order valence-electron chi connectivity index (χ2n) is 6.26. The van der Waals surface area contributed by atoms with Crippen molar-refractivity contribution in [3.8, 4) is 11.5 Å². The second kappa shape index (κ2) is 9.07. The number of ether oxygens (including phenoxy) is 2. The molecule has 2 amide bonds. The number of hydrogen-bond donors (Lipinski definition) is 1. The molecule has 6 heteroatoms. The van der Waals surface area contributed by atoms with Gasteiger partial charge in [-0.05, 0) is 56.2 Å². The van der Waals surface area contributed by atoms with Gasteiger partial charge in [-0.1, -0.05) is 12.1 Å². The molecule has 2 aromatic rings. The van der Waals surface area contributed by atoms with Crippen LogP contribution in [-0.2, 0) is 4.79 Å². The van der Waals surface area contributed by atoms with Crippen LogP contribution < -0.4 is 14.8 Å². The SMILES string of the molecule is CCOc1ccc(C(=O)N(C)CC(=O)Nc2cccc(C)c2C)cc1OC. The van der Waals surface area contributed by atoms with Crippen molar-refractivity contribution in [2.45, 2.75) is 20.8 Å². The van der Waals surface area contributed by atoms with Gasteiger partial charge in [0.05, 0.1) is 20.3 Å². The molecule has 144 valence electrons. The lowest BCUT2D eigenvalue weighted by Gasteiger charge is -2.18. The zero-order valence-corrected chi connectivity index (χ0v) is 16.5. The number of rotatable bonds is 7. The number of hydrogen-bond acceptors (Lipinski definition) is 4. The molecular formula is C21H26N2O4. The number of amides is 2. The lowest BCUT2D eigenvalue weighted by atomic mass is 10.1. The minimum absolute atomic E-state index is 0.0538. The van der Waals surface area contributed by atoms with E-state index in [1.807, 2.05) is 39.0 Å². The lowest BCUT2D eigenvalue weighted by molar-refractivity contribution is -0.116. The molecule has 0 aromatic heterocycles. The van der Waals surface area contributed by atoms with Crippen molar-refractivity contribution < 1.29 is 19.1 Å². The van der Waals surface area contributed by atoms with E-state index in [1.165, 1.54) is 12.0 Å². The van der Waals surface area contributed by atoms with E-state index < -0.39 is 0 Å². The summed E-state index contributed by atoms with van der Waals surface area (Å²) in [5, 5.41) is 2.86. The summed E-state index contributed by atoms with van der Waals surface area (Å²) in [4.78, 5) is 26.3. The van der Waals surface area contributed by atoms with Gasteiger partial charge >= 0.3 is 0 Å². The zero-order valence-electron chi connectivity index (χ0n) is 16.5. The van der Waals surface area contributed by atoms with E-state index in [-0.39, 0.29) is 18.4 Å². The summed E-state index contributed by atoms with van der Waals surface area (Å²) in [5.74, 6) is 0.535. The van der Waals surface area contributed by atoms with Gasteiger partial charge in [-0.25, -0.2) is 0 Å².